The predicted molar refractivity (Wildman–Crippen MR) is 66.7 cm³/mol. The van der Waals surface area contributed by atoms with Crippen LogP contribution in [-0.4, -0.2) is 24.2 Å². The maximum atomic E-state index is 11.8. The minimum Gasteiger partial charge on any atom is -0.396 e. The van der Waals surface area contributed by atoms with Crippen LogP contribution in [0.5, 0.6) is 0 Å². The highest BCUT2D eigenvalue weighted by Gasteiger charge is 2.26. The highest BCUT2D eigenvalue weighted by atomic mass is 16.3. The van der Waals surface area contributed by atoms with Gasteiger partial charge in [-0.25, -0.2) is 0 Å². The fourth-order valence-corrected chi connectivity index (χ4v) is 2.54. The van der Waals surface area contributed by atoms with Crippen molar-refractivity contribution in [3.05, 3.63) is 35.9 Å². The molecule has 1 aliphatic rings. The Kier molecular flexibility index (Phi) is 4.15. The van der Waals surface area contributed by atoms with Crippen molar-refractivity contribution in [2.24, 2.45) is 11.8 Å². The van der Waals surface area contributed by atoms with Crippen LogP contribution in [0.2, 0.25) is 0 Å². The van der Waals surface area contributed by atoms with Crippen LogP contribution in [0.1, 0.15) is 29.6 Å². The number of carbonyl (C=O) groups excluding carboxylic acids is 1. The molecule has 0 heterocycles. The molecule has 0 bridgehead atoms. The van der Waals surface area contributed by atoms with Gasteiger partial charge in [-0.1, -0.05) is 24.6 Å². The fraction of sp³-hybridized carbons (Fsp3) is 0.500. The third-order valence-electron chi connectivity index (χ3n) is 3.61. The van der Waals surface area contributed by atoms with Crippen LogP contribution in [0.25, 0.3) is 0 Å². The topological polar surface area (TPSA) is 49.3 Å². The van der Waals surface area contributed by atoms with E-state index in [9.17, 15) is 9.90 Å². The van der Waals surface area contributed by atoms with Crippen molar-refractivity contribution in [2.75, 3.05) is 13.2 Å². The van der Waals surface area contributed by atoms with E-state index in [1.54, 1.807) is 0 Å². The van der Waals surface area contributed by atoms with Crippen LogP contribution in [-0.2, 0) is 0 Å². The summed E-state index contributed by atoms with van der Waals surface area (Å²) in [6.45, 7) is 0.921. The minimum atomic E-state index is -0.0193. The molecule has 17 heavy (non-hydrogen) atoms. The molecule has 0 spiro atoms. The lowest BCUT2D eigenvalue weighted by molar-refractivity contribution is 0.0938. The third-order valence-corrected chi connectivity index (χ3v) is 3.61. The number of nitrogens with one attached hydrogen (secondary N) is 1. The van der Waals surface area contributed by atoms with E-state index in [-0.39, 0.29) is 12.5 Å². The Balaban J connectivity index is 1.84. The zero-order valence-corrected chi connectivity index (χ0v) is 9.93. The Labute approximate surface area is 102 Å². The number of carbonyl (C=O) groups is 1. The van der Waals surface area contributed by atoms with Crippen molar-refractivity contribution in [1.29, 1.82) is 0 Å². The molecule has 3 heteroatoms. The fourth-order valence-electron chi connectivity index (χ4n) is 2.54. The Morgan fingerprint density at radius 2 is 1.94 bits per heavy atom. The van der Waals surface area contributed by atoms with Gasteiger partial charge in [0.2, 0.25) is 0 Å². The first-order valence-corrected chi connectivity index (χ1v) is 6.25. The molecule has 1 aromatic carbocycles. The van der Waals surface area contributed by atoms with Crippen LogP contribution in [0, 0.1) is 11.8 Å². The Morgan fingerprint density at radius 3 is 2.65 bits per heavy atom. The number of hydrogen-bond donors (Lipinski definition) is 2. The standard InChI is InChI=1S/C14H19NO2/c16-10-13-8-4-7-12(13)9-15-14(17)11-5-2-1-3-6-11/h1-3,5-6,12-13,16H,4,7-10H2,(H,15,17). The molecule has 2 unspecified atom stereocenters. The molecule has 2 atom stereocenters. The first-order valence-electron chi connectivity index (χ1n) is 6.25. The van der Waals surface area contributed by atoms with Gasteiger partial charge in [0.1, 0.15) is 0 Å². The lowest BCUT2D eigenvalue weighted by Gasteiger charge is -2.17. The molecular weight excluding hydrogens is 214 g/mol. The number of benzene rings is 1. The van der Waals surface area contributed by atoms with E-state index < -0.39 is 0 Å². The molecule has 1 aromatic rings. The summed E-state index contributed by atoms with van der Waals surface area (Å²) >= 11 is 0. The zero-order chi connectivity index (χ0) is 12.1. The lowest BCUT2D eigenvalue weighted by Crippen LogP contribution is -2.31. The van der Waals surface area contributed by atoms with E-state index in [1.165, 1.54) is 0 Å². The predicted octanol–water partition coefficient (Wildman–Crippen LogP) is 1.82. The van der Waals surface area contributed by atoms with E-state index in [0.29, 0.717) is 23.9 Å². The number of aliphatic hydroxyl groups is 1. The van der Waals surface area contributed by atoms with Gasteiger partial charge < -0.3 is 10.4 Å². The summed E-state index contributed by atoms with van der Waals surface area (Å²) in [6.07, 6.45) is 3.36. The second-order valence-electron chi connectivity index (χ2n) is 4.71. The summed E-state index contributed by atoms with van der Waals surface area (Å²) in [5, 5.41) is 12.2. The SMILES string of the molecule is O=C(NCC1CCCC1CO)c1ccccc1. The molecule has 0 saturated heterocycles. The molecular formula is C14H19NO2. The molecule has 1 aliphatic carbocycles. The van der Waals surface area contributed by atoms with Gasteiger partial charge in [0.25, 0.3) is 5.91 Å². The molecule has 2 N–H and O–H groups in total. The Bertz CT molecular complexity index is 364. The van der Waals surface area contributed by atoms with Gasteiger partial charge in [-0.3, -0.25) is 4.79 Å². The molecule has 2 rings (SSSR count). The normalized spacial score (nSPS) is 23.6. The quantitative estimate of drug-likeness (QED) is 0.833. The largest absolute Gasteiger partial charge is 0.396 e. The smallest absolute Gasteiger partial charge is 0.251 e. The van der Waals surface area contributed by atoms with Crippen molar-refractivity contribution >= 4 is 5.91 Å². The lowest BCUT2D eigenvalue weighted by atomic mass is 9.97. The van der Waals surface area contributed by atoms with Gasteiger partial charge in [0.05, 0.1) is 0 Å². The van der Waals surface area contributed by atoms with E-state index >= 15 is 0 Å². The maximum absolute atomic E-state index is 11.8. The van der Waals surface area contributed by atoms with E-state index in [4.69, 9.17) is 0 Å². The maximum Gasteiger partial charge on any atom is 0.251 e. The minimum absolute atomic E-state index is 0.0193. The Morgan fingerprint density at radius 1 is 1.24 bits per heavy atom. The summed E-state index contributed by atoms with van der Waals surface area (Å²) in [7, 11) is 0. The highest BCUT2D eigenvalue weighted by molar-refractivity contribution is 5.94. The summed E-state index contributed by atoms with van der Waals surface area (Å²) in [6, 6.07) is 9.25. The van der Waals surface area contributed by atoms with Crippen molar-refractivity contribution in [3.8, 4) is 0 Å². The second-order valence-corrected chi connectivity index (χ2v) is 4.71. The number of rotatable bonds is 4. The molecule has 0 radical (unpaired) electrons. The van der Waals surface area contributed by atoms with Crippen molar-refractivity contribution in [2.45, 2.75) is 19.3 Å². The second kappa shape index (κ2) is 5.82. The van der Waals surface area contributed by atoms with E-state index in [1.807, 2.05) is 30.3 Å². The first-order chi connectivity index (χ1) is 8.31. The number of hydrogen-bond acceptors (Lipinski definition) is 2. The average Bonchev–Trinajstić information content (AvgIpc) is 2.84. The first kappa shape index (κ1) is 12.1. The molecule has 1 saturated carbocycles. The molecule has 92 valence electrons. The van der Waals surface area contributed by atoms with Crippen LogP contribution in [0.4, 0.5) is 0 Å². The molecule has 1 fully saturated rings. The summed E-state index contributed by atoms with van der Waals surface area (Å²) in [5.74, 6) is 0.785. The van der Waals surface area contributed by atoms with Crippen LogP contribution in [0.3, 0.4) is 0 Å². The summed E-state index contributed by atoms with van der Waals surface area (Å²) < 4.78 is 0. The highest BCUT2D eigenvalue weighted by Crippen LogP contribution is 2.30. The van der Waals surface area contributed by atoms with Gasteiger partial charge in [-0.2, -0.15) is 0 Å². The van der Waals surface area contributed by atoms with Gasteiger partial charge >= 0.3 is 0 Å². The van der Waals surface area contributed by atoms with E-state index in [2.05, 4.69) is 5.32 Å². The van der Waals surface area contributed by atoms with Crippen molar-refractivity contribution < 1.29 is 9.90 Å². The van der Waals surface area contributed by atoms with Gasteiger partial charge in [-0.15, -0.1) is 0 Å². The van der Waals surface area contributed by atoms with Crippen molar-refractivity contribution in [3.63, 3.8) is 0 Å². The zero-order valence-electron chi connectivity index (χ0n) is 9.93. The third kappa shape index (κ3) is 3.07. The average molecular weight is 233 g/mol. The summed E-state index contributed by atoms with van der Waals surface area (Å²) in [4.78, 5) is 11.8. The van der Waals surface area contributed by atoms with Gasteiger partial charge in [-0.05, 0) is 36.8 Å². The molecule has 0 aromatic heterocycles. The van der Waals surface area contributed by atoms with Crippen molar-refractivity contribution in [1.82, 2.24) is 5.32 Å². The molecule has 0 aliphatic heterocycles. The van der Waals surface area contributed by atoms with E-state index in [0.717, 1.165) is 19.3 Å². The van der Waals surface area contributed by atoms with Gasteiger partial charge in [0.15, 0.2) is 0 Å². The van der Waals surface area contributed by atoms with Crippen LogP contribution in [0.15, 0.2) is 30.3 Å². The molecule has 1 amide bonds. The van der Waals surface area contributed by atoms with Gasteiger partial charge in [0, 0.05) is 18.7 Å². The van der Waals surface area contributed by atoms with Crippen LogP contribution < -0.4 is 5.32 Å². The monoisotopic (exact) mass is 233 g/mol. The Hall–Kier alpha value is -1.35. The number of amides is 1. The number of aliphatic hydroxyl groups excluding tert-OH is 1. The summed E-state index contributed by atoms with van der Waals surface area (Å²) in [5.41, 5.74) is 0.700. The van der Waals surface area contributed by atoms with Crippen LogP contribution >= 0.6 is 0 Å². The molecule has 3 nitrogen and oxygen atoms in total.